The number of ketones is 1. The van der Waals surface area contributed by atoms with Crippen molar-refractivity contribution in [2.45, 2.75) is 0 Å². The Bertz CT molecular complexity index is 1360. The average Bonchev–Trinajstić information content (AvgIpc) is 2.70. The topological polar surface area (TPSA) is 34.1 Å². The standard InChI is InChI=1S/C24H14O2/c25-14-22(26)24-20-8-4-3-7-17(20)12-19-10-9-18-11-15-5-1-2-6-16(15)13-21(18)23(19)24/h1-14H. The van der Waals surface area contributed by atoms with Gasteiger partial charge in [-0.25, -0.2) is 0 Å². The molecule has 5 rings (SSSR count). The summed E-state index contributed by atoms with van der Waals surface area (Å²) in [5.74, 6) is -0.479. The van der Waals surface area contributed by atoms with Gasteiger partial charge in [0.25, 0.3) is 0 Å². The molecule has 5 aromatic rings. The second kappa shape index (κ2) is 5.50. The lowest BCUT2D eigenvalue weighted by Gasteiger charge is -2.12. The van der Waals surface area contributed by atoms with Crippen LogP contribution in [0.1, 0.15) is 10.4 Å². The Morgan fingerprint density at radius 2 is 1.19 bits per heavy atom. The van der Waals surface area contributed by atoms with Gasteiger partial charge in [-0.05, 0) is 55.9 Å². The summed E-state index contributed by atoms with van der Waals surface area (Å²) in [5, 5.41) is 7.93. The van der Waals surface area contributed by atoms with Crippen LogP contribution in [0, 0.1) is 0 Å². The highest BCUT2D eigenvalue weighted by molar-refractivity contribution is 6.41. The van der Waals surface area contributed by atoms with Crippen LogP contribution in [0.4, 0.5) is 0 Å². The minimum atomic E-state index is -0.479. The molecule has 0 aliphatic heterocycles. The molecular formula is C24H14O2. The number of carbonyl (C=O) groups is 2. The molecule has 26 heavy (non-hydrogen) atoms. The van der Waals surface area contributed by atoms with E-state index in [0.29, 0.717) is 11.8 Å². The molecule has 0 saturated carbocycles. The van der Waals surface area contributed by atoms with E-state index in [0.717, 1.165) is 43.1 Å². The summed E-state index contributed by atoms with van der Waals surface area (Å²) in [7, 11) is 0. The van der Waals surface area contributed by atoms with Crippen molar-refractivity contribution in [2.75, 3.05) is 0 Å². The first-order valence-electron chi connectivity index (χ1n) is 8.53. The van der Waals surface area contributed by atoms with Gasteiger partial charge in [0.1, 0.15) is 0 Å². The summed E-state index contributed by atoms with van der Waals surface area (Å²) < 4.78 is 0. The van der Waals surface area contributed by atoms with E-state index < -0.39 is 5.78 Å². The molecule has 0 heterocycles. The molecule has 0 fully saturated rings. The maximum atomic E-state index is 12.6. The molecule has 0 bridgehead atoms. The Kier molecular flexibility index (Phi) is 3.13. The molecule has 0 spiro atoms. The Balaban J connectivity index is 2.08. The third-order valence-corrected chi connectivity index (χ3v) is 5.06. The zero-order valence-electron chi connectivity index (χ0n) is 13.9. The lowest BCUT2D eigenvalue weighted by atomic mass is 9.90. The van der Waals surface area contributed by atoms with E-state index in [1.54, 1.807) is 0 Å². The molecule has 0 aromatic heterocycles. The van der Waals surface area contributed by atoms with E-state index in [4.69, 9.17) is 0 Å². The number of hydrogen-bond acceptors (Lipinski definition) is 2. The third-order valence-electron chi connectivity index (χ3n) is 5.06. The highest BCUT2D eigenvalue weighted by atomic mass is 16.2. The van der Waals surface area contributed by atoms with Crippen molar-refractivity contribution in [3.05, 3.63) is 84.4 Å². The molecule has 0 saturated heterocycles. The van der Waals surface area contributed by atoms with Crippen molar-refractivity contribution in [1.82, 2.24) is 0 Å². The van der Waals surface area contributed by atoms with Crippen LogP contribution in [-0.2, 0) is 4.79 Å². The molecule has 2 heteroatoms. The summed E-state index contributed by atoms with van der Waals surface area (Å²) in [6.45, 7) is 0. The number of carbonyl (C=O) groups excluding carboxylic acids is 2. The maximum absolute atomic E-state index is 12.6. The molecular weight excluding hydrogens is 320 g/mol. The van der Waals surface area contributed by atoms with Crippen LogP contribution in [0.15, 0.2) is 78.9 Å². The van der Waals surface area contributed by atoms with E-state index >= 15 is 0 Å². The highest BCUT2D eigenvalue weighted by Crippen LogP contribution is 2.35. The first kappa shape index (κ1) is 14.8. The van der Waals surface area contributed by atoms with Crippen LogP contribution < -0.4 is 0 Å². The normalized spacial score (nSPS) is 11.4. The van der Waals surface area contributed by atoms with Gasteiger partial charge in [-0.2, -0.15) is 0 Å². The van der Waals surface area contributed by atoms with Crippen LogP contribution in [-0.4, -0.2) is 12.1 Å². The van der Waals surface area contributed by atoms with Gasteiger partial charge in [0, 0.05) is 10.9 Å². The molecule has 0 atom stereocenters. The molecule has 0 unspecified atom stereocenters. The van der Waals surface area contributed by atoms with Crippen molar-refractivity contribution in [3.63, 3.8) is 0 Å². The fraction of sp³-hybridized carbons (Fsp3) is 0. The number of benzene rings is 5. The summed E-state index contributed by atoms with van der Waals surface area (Å²) in [6.07, 6.45) is 0.418. The Labute approximate surface area is 149 Å². The van der Waals surface area contributed by atoms with E-state index in [1.807, 2.05) is 42.5 Å². The zero-order chi connectivity index (χ0) is 17.7. The van der Waals surface area contributed by atoms with E-state index in [2.05, 4.69) is 36.4 Å². The largest absolute Gasteiger partial charge is 0.294 e. The summed E-state index contributed by atoms with van der Waals surface area (Å²) in [6, 6.07) is 26.3. The molecule has 0 aliphatic carbocycles. The van der Waals surface area contributed by atoms with Crippen LogP contribution in [0.3, 0.4) is 0 Å². The predicted octanol–water partition coefficient (Wildman–Crippen LogP) is 5.68. The smallest absolute Gasteiger partial charge is 0.226 e. The quantitative estimate of drug-likeness (QED) is 0.137. The van der Waals surface area contributed by atoms with Crippen molar-refractivity contribution >= 4 is 55.2 Å². The van der Waals surface area contributed by atoms with Crippen molar-refractivity contribution < 1.29 is 9.59 Å². The lowest BCUT2D eigenvalue weighted by Crippen LogP contribution is -2.02. The van der Waals surface area contributed by atoms with Gasteiger partial charge in [0.2, 0.25) is 5.78 Å². The molecule has 0 aliphatic rings. The first-order valence-corrected chi connectivity index (χ1v) is 8.53. The first-order chi connectivity index (χ1) is 12.8. The van der Waals surface area contributed by atoms with Gasteiger partial charge in [-0.1, -0.05) is 60.7 Å². The molecule has 0 amide bonds. The Hall–Kier alpha value is -3.52. The minimum absolute atomic E-state index is 0.418. The van der Waals surface area contributed by atoms with Crippen LogP contribution in [0.2, 0.25) is 0 Å². The van der Waals surface area contributed by atoms with Gasteiger partial charge >= 0.3 is 0 Å². The van der Waals surface area contributed by atoms with E-state index in [-0.39, 0.29) is 0 Å². The SMILES string of the molecule is O=CC(=O)c1c2ccccc2cc2ccc3cc4ccccc4cc3c12. The number of hydrogen-bond donors (Lipinski definition) is 0. The fourth-order valence-corrected chi connectivity index (χ4v) is 3.90. The Morgan fingerprint density at radius 1 is 0.615 bits per heavy atom. The van der Waals surface area contributed by atoms with E-state index in [9.17, 15) is 9.59 Å². The third kappa shape index (κ3) is 2.06. The second-order valence-electron chi connectivity index (χ2n) is 6.54. The van der Waals surface area contributed by atoms with Crippen molar-refractivity contribution in [3.8, 4) is 0 Å². The number of Topliss-reactive ketones (excluding diaryl/α,β-unsaturated/α-hetero) is 1. The summed E-state index contributed by atoms with van der Waals surface area (Å²) in [5.41, 5.74) is 0.494. The van der Waals surface area contributed by atoms with E-state index in [1.165, 1.54) is 0 Å². The second-order valence-corrected chi connectivity index (χ2v) is 6.54. The monoisotopic (exact) mass is 334 g/mol. The summed E-state index contributed by atoms with van der Waals surface area (Å²) in [4.78, 5) is 24.0. The fourth-order valence-electron chi connectivity index (χ4n) is 3.90. The van der Waals surface area contributed by atoms with Crippen LogP contribution in [0.25, 0.3) is 43.1 Å². The van der Waals surface area contributed by atoms with Crippen LogP contribution in [0.5, 0.6) is 0 Å². The van der Waals surface area contributed by atoms with Gasteiger partial charge in [-0.3, -0.25) is 9.59 Å². The lowest BCUT2D eigenvalue weighted by molar-refractivity contribution is -0.104. The maximum Gasteiger partial charge on any atom is 0.226 e. The molecule has 122 valence electrons. The molecule has 0 radical (unpaired) electrons. The van der Waals surface area contributed by atoms with Crippen molar-refractivity contribution in [1.29, 1.82) is 0 Å². The Morgan fingerprint density at radius 3 is 1.96 bits per heavy atom. The summed E-state index contributed by atoms with van der Waals surface area (Å²) >= 11 is 0. The van der Waals surface area contributed by atoms with Gasteiger partial charge in [0.15, 0.2) is 6.29 Å². The molecule has 5 aromatic carbocycles. The predicted molar refractivity (Wildman–Crippen MR) is 107 cm³/mol. The average molecular weight is 334 g/mol. The molecule has 0 N–H and O–H groups in total. The van der Waals surface area contributed by atoms with Gasteiger partial charge in [0.05, 0.1) is 0 Å². The van der Waals surface area contributed by atoms with Crippen molar-refractivity contribution in [2.24, 2.45) is 0 Å². The number of aldehydes is 1. The number of fused-ring (bicyclic) bond motifs is 5. The minimum Gasteiger partial charge on any atom is -0.294 e. The zero-order valence-corrected chi connectivity index (χ0v) is 13.9. The number of rotatable bonds is 2. The highest BCUT2D eigenvalue weighted by Gasteiger charge is 2.16. The van der Waals surface area contributed by atoms with Crippen LogP contribution >= 0.6 is 0 Å². The molecule has 2 nitrogen and oxygen atoms in total. The van der Waals surface area contributed by atoms with Gasteiger partial charge < -0.3 is 0 Å². The van der Waals surface area contributed by atoms with Gasteiger partial charge in [-0.15, -0.1) is 0 Å².